The second-order valence-corrected chi connectivity index (χ2v) is 6.12. The third-order valence-electron chi connectivity index (χ3n) is 4.01. The first kappa shape index (κ1) is 19.5. The first-order valence-corrected chi connectivity index (χ1v) is 9.04. The number of carbonyl (C=O) groups excluding carboxylic acids is 1. The number of rotatable bonds is 9. The van der Waals surface area contributed by atoms with Crippen LogP contribution in [0.5, 0.6) is 11.5 Å². The molecule has 0 aliphatic heterocycles. The molecule has 144 valence electrons. The molecule has 0 atom stereocenters. The molecule has 28 heavy (non-hydrogen) atoms. The lowest BCUT2D eigenvalue weighted by Crippen LogP contribution is -2.12. The molecule has 0 fully saturated rings. The van der Waals surface area contributed by atoms with Crippen LogP contribution in [0.3, 0.4) is 0 Å². The van der Waals surface area contributed by atoms with Gasteiger partial charge in [-0.25, -0.2) is 0 Å². The van der Waals surface area contributed by atoms with Gasteiger partial charge in [-0.15, -0.1) is 0 Å². The molecule has 1 N–H and O–H groups in total. The van der Waals surface area contributed by atoms with Crippen LogP contribution in [0.15, 0.2) is 78.9 Å². The summed E-state index contributed by atoms with van der Waals surface area (Å²) in [6, 6.07) is 24.3. The van der Waals surface area contributed by atoms with E-state index in [0.717, 1.165) is 11.3 Å². The SMILES string of the molecule is COCCOc1ccc(NC(=O)c2cccc(OCc3ccccc3)c2)cc1. The van der Waals surface area contributed by atoms with Crippen molar-refractivity contribution in [2.24, 2.45) is 0 Å². The fourth-order valence-electron chi connectivity index (χ4n) is 2.55. The smallest absolute Gasteiger partial charge is 0.255 e. The third-order valence-corrected chi connectivity index (χ3v) is 4.01. The number of nitrogens with one attached hydrogen (secondary N) is 1. The maximum Gasteiger partial charge on any atom is 0.255 e. The van der Waals surface area contributed by atoms with Gasteiger partial charge in [-0.3, -0.25) is 4.79 Å². The van der Waals surface area contributed by atoms with Crippen LogP contribution in [0.2, 0.25) is 0 Å². The number of carbonyl (C=O) groups is 1. The number of benzene rings is 3. The Labute approximate surface area is 164 Å². The lowest BCUT2D eigenvalue weighted by molar-refractivity contribution is 0.102. The minimum absolute atomic E-state index is 0.196. The van der Waals surface area contributed by atoms with Gasteiger partial charge in [-0.05, 0) is 48.0 Å². The van der Waals surface area contributed by atoms with E-state index < -0.39 is 0 Å². The van der Waals surface area contributed by atoms with Gasteiger partial charge in [-0.2, -0.15) is 0 Å². The first-order valence-electron chi connectivity index (χ1n) is 9.04. The molecule has 0 saturated carbocycles. The van der Waals surface area contributed by atoms with Gasteiger partial charge in [0.05, 0.1) is 6.61 Å². The molecule has 0 heterocycles. The van der Waals surface area contributed by atoms with Crippen LogP contribution in [0.1, 0.15) is 15.9 Å². The van der Waals surface area contributed by atoms with Gasteiger partial charge in [0.15, 0.2) is 0 Å². The molecular weight excluding hydrogens is 354 g/mol. The Kier molecular flexibility index (Phi) is 7.04. The van der Waals surface area contributed by atoms with Gasteiger partial charge < -0.3 is 19.5 Å². The molecule has 3 rings (SSSR count). The van der Waals surface area contributed by atoms with Crippen molar-refractivity contribution in [1.29, 1.82) is 0 Å². The van der Waals surface area contributed by atoms with E-state index in [1.165, 1.54) is 0 Å². The van der Waals surface area contributed by atoms with Crippen LogP contribution in [0.4, 0.5) is 5.69 Å². The molecule has 0 aliphatic carbocycles. The van der Waals surface area contributed by atoms with Gasteiger partial charge in [0.1, 0.15) is 24.7 Å². The molecule has 0 spiro atoms. The number of anilines is 1. The average Bonchev–Trinajstić information content (AvgIpc) is 2.75. The Morgan fingerprint density at radius 1 is 0.821 bits per heavy atom. The number of amides is 1. The number of ether oxygens (including phenoxy) is 3. The van der Waals surface area contributed by atoms with Gasteiger partial charge in [-0.1, -0.05) is 36.4 Å². The summed E-state index contributed by atoms with van der Waals surface area (Å²) in [6.45, 7) is 1.47. The molecule has 0 saturated heterocycles. The lowest BCUT2D eigenvalue weighted by Gasteiger charge is -2.10. The van der Waals surface area contributed by atoms with Gasteiger partial charge in [0.2, 0.25) is 0 Å². The molecule has 5 nitrogen and oxygen atoms in total. The summed E-state index contributed by atoms with van der Waals surface area (Å²) in [5.41, 5.74) is 2.30. The lowest BCUT2D eigenvalue weighted by atomic mass is 10.2. The predicted octanol–water partition coefficient (Wildman–Crippen LogP) is 4.54. The first-order chi connectivity index (χ1) is 13.7. The van der Waals surface area contributed by atoms with E-state index >= 15 is 0 Å². The molecule has 0 aliphatic rings. The summed E-state index contributed by atoms with van der Waals surface area (Å²) in [6.07, 6.45) is 0. The normalized spacial score (nSPS) is 10.3. The Bertz CT molecular complexity index is 879. The third kappa shape index (κ3) is 5.86. The zero-order valence-corrected chi connectivity index (χ0v) is 15.8. The fourth-order valence-corrected chi connectivity index (χ4v) is 2.55. The topological polar surface area (TPSA) is 56.8 Å². The monoisotopic (exact) mass is 377 g/mol. The molecule has 5 heteroatoms. The summed E-state index contributed by atoms with van der Waals surface area (Å²) < 4.78 is 16.3. The van der Waals surface area contributed by atoms with Crippen molar-refractivity contribution < 1.29 is 19.0 Å². The largest absolute Gasteiger partial charge is 0.491 e. The molecule has 3 aromatic carbocycles. The molecule has 1 amide bonds. The van der Waals surface area contributed by atoms with E-state index in [-0.39, 0.29) is 5.91 Å². The van der Waals surface area contributed by atoms with Crippen LogP contribution < -0.4 is 14.8 Å². The molecular formula is C23H23NO4. The second-order valence-electron chi connectivity index (χ2n) is 6.12. The second kappa shape index (κ2) is 10.1. The maximum absolute atomic E-state index is 12.5. The van der Waals surface area contributed by atoms with Crippen molar-refractivity contribution in [2.75, 3.05) is 25.6 Å². The van der Waals surface area contributed by atoms with Crippen LogP contribution in [-0.4, -0.2) is 26.2 Å². The van der Waals surface area contributed by atoms with Gasteiger partial charge in [0, 0.05) is 18.4 Å². The standard InChI is InChI=1S/C23H23NO4/c1-26-14-15-27-21-12-10-20(11-13-21)24-23(25)19-8-5-9-22(16-19)28-17-18-6-3-2-4-7-18/h2-13,16H,14-15,17H2,1H3,(H,24,25). The molecule has 0 bridgehead atoms. The zero-order chi connectivity index (χ0) is 19.6. The molecule has 0 radical (unpaired) electrons. The van der Waals surface area contributed by atoms with Crippen molar-refractivity contribution in [3.8, 4) is 11.5 Å². The van der Waals surface area contributed by atoms with E-state index in [0.29, 0.717) is 36.8 Å². The van der Waals surface area contributed by atoms with E-state index in [2.05, 4.69) is 5.32 Å². The van der Waals surface area contributed by atoms with Crippen LogP contribution in [0.25, 0.3) is 0 Å². The van der Waals surface area contributed by atoms with Crippen LogP contribution >= 0.6 is 0 Å². The Morgan fingerprint density at radius 2 is 1.61 bits per heavy atom. The highest BCUT2D eigenvalue weighted by atomic mass is 16.5. The minimum Gasteiger partial charge on any atom is -0.491 e. The molecule has 0 unspecified atom stereocenters. The van der Waals surface area contributed by atoms with E-state index in [9.17, 15) is 4.79 Å². The molecule has 3 aromatic rings. The average molecular weight is 377 g/mol. The van der Waals surface area contributed by atoms with Gasteiger partial charge >= 0.3 is 0 Å². The highest BCUT2D eigenvalue weighted by molar-refractivity contribution is 6.04. The summed E-state index contributed by atoms with van der Waals surface area (Å²) in [7, 11) is 1.63. The van der Waals surface area contributed by atoms with E-state index in [1.807, 2.05) is 54.6 Å². The number of hydrogen-bond donors (Lipinski definition) is 1. The number of methoxy groups -OCH3 is 1. The quantitative estimate of drug-likeness (QED) is 0.556. The van der Waals surface area contributed by atoms with Crippen molar-refractivity contribution in [3.05, 3.63) is 90.0 Å². The minimum atomic E-state index is -0.196. The zero-order valence-electron chi connectivity index (χ0n) is 15.8. The van der Waals surface area contributed by atoms with E-state index in [4.69, 9.17) is 14.2 Å². The number of hydrogen-bond acceptors (Lipinski definition) is 4. The summed E-state index contributed by atoms with van der Waals surface area (Å²) >= 11 is 0. The predicted molar refractivity (Wildman–Crippen MR) is 109 cm³/mol. The highest BCUT2D eigenvalue weighted by Gasteiger charge is 2.08. The molecule has 0 aromatic heterocycles. The van der Waals surface area contributed by atoms with Crippen LogP contribution in [-0.2, 0) is 11.3 Å². The Balaban J connectivity index is 1.56. The van der Waals surface area contributed by atoms with Crippen molar-refractivity contribution in [2.45, 2.75) is 6.61 Å². The highest BCUT2D eigenvalue weighted by Crippen LogP contribution is 2.19. The Morgan fingerprint density at radius 3 is 2.36 bits per heavy atom. The summed E-state index contributed by atoms with van der Waals surface area (Å²) in [5, 5.41) is 2.88. The van der Waals surface area contributed by atoms with Crippen molar-refractivity contribution in [3.63, 3.8) is 0 Å². The van der Waals surface area contributed by atoms with E-state index in [1.54, 1.807) is 31.4 Å². The summed E-state index contributed by atoms with van der Waals surface area (Å²) in [4.78, 5) is 12.5. The Hall–Kier alpha value is -3.31. The van der Waals surface area contributed by atoms with Crippen molar-refractivity contribution in [1.82, 2.24) is 0 Å². The maximum atomic E-state index is 12.5. The van der Waals surface area contributed by atoms with Crippen LogP contribution in [0, 0.1) is 0 Å². The van der Waals surface area contributed by atoms with Crippen molar-refractivity contribution >= 4 is 11.6 Å². The summed E-state index contributed by atoms with van der Waals surface area (Å²) in [5.74, 6) is 1.18. The van der Waals surface area contributed by atoms with Gasteiger partial charge in [0.25, 0.3) is 5.91 Å². The fraction of sp³-hybridized carbons (Fsp3) is 0.174.